The van der Waals surface area contributed by atoms with Gasteiger partial charge in [-0.2, -0.15) is 5.26 Å². The van der Waals surface area contributed by atoms with Crippen molar-refractivity contribution in [3.8, 4) is 17.6 Å². The first-order valence-electron chi connectivity index (χ1n) is 6.83. The van der Waals surface area contributed by atoms with Gasteiger partial charge in [0.25, 0.3) is 0 Å². The maximum Gasteiger partial charge on any atom is 0.138 e. The van der Waals surface area contributed by atoms with Crippen molar-refractivity contribution in [1.29, 1.82) is 5.26 Å². The quantitative estimate of drug-likeness (QED) is 0.863. The van der Waals surface area contributed by atoms with Crippen molar-refractivity contribution >= 4 is 11.6 Å². The lowest BCUT2D eigenvalue weighted by atomic mass is 10.1. The number of halogens is 1. The third-order valence-electron chi connectivity index (χ3n) is 3.47. The zero-order valence-electron chi connectivity index (χ0n) is 11.4. The minimum Gasteiger partial charge on any atom is -0.493 e. The van der Waals surface area contributed by atoms with Crippen molar-refractivity contribution in [3.05, 3.63) is 58.1 Å². The van der Waals surface area contributed by atoms with Gasteiger partial charge in [-0.15, -0.1) is 0 Å². The summed E-state index contributed by atoms with van der Waals surface area (Å²) in [7, 11) is 0. The highest BCUT2D eigenvalue weighted by Crippen LogP contribution is 2.26. The Bertz CT molecular complexity index is 706. The Morgan fingerprint density at radius 3 is 3.00 bits per heavy atom. The number of nitriles is 1. The van der Waals surface area contributed by atoms with E-state index in [1.807, 2.05) is 6.07 Å². The predicted molar refractivity (Wildman–Crippen MR) is 81.0 cm³/mol. The van der Waals surface area contributed by atoms with Crippen LogP contribution < -0.4 is 9.47 Å². The van der Waals surface area contributed by atoms with Gasteiger partial charge < -0.3 is 9.47 Å². The molecule has 0 aliphatic carbocycles. The Morgan fingerprint density at radius 1 is 1.24 bits per heavy atom. The van der Waals surface area contributed by atoms with Gasteiger partial charge in [0.15, 0.2) is 0 Å². The third kappa shape index (κ3) is 3.12. The molecule has 3 rings (SSSR count). The number of ether oxygens (including phenoxy) is 2. The molecule has 2 aromatic rings. The molecular weight excluding hydrogens is 286 g/mol. The molecule has 21 heavy (non-hydrogen) atoms. The SMILES string of the molecule is N#Cc1ccc(Cl)cc1OCCc1ccc2c(c1)CCO2. The number of benzene rings is 2. The van der Waals surface area contributed by atoms with Crippen LogP contribution in [0.5, 0.6) is 11.5 Å². The fourth-order valence-electron chi connectivity index (χ4n) is 2.38. The van der Waals surface area contributed by atoms with Crippen LogP contribution in [0.25, 0.3) is 0 Å². The smallest absolute Gasteiger partial charge is 0.138 e. The summed E-state index contributed by atoms with van der Waals surface area (Å²) < 4.78 is 11.2. The minimum absolute atomic E-state index is 0.502. The van der Waals surface area contributed by atoms with Gasteiger partial charge in [-0.3, -0.25) is 0 Å². The lowest BCUT2D eigenvalue weighted by Crippen LogP contribution is -2.03. The van der Waals surface area contributed by atoms with Gasteiger partial charge >= 0.3 is 0 Å². The zero-order chi connectivity index (χ0) is 14.7. The van der Waals surface area contributed by atoms with Crippen LogP contribution in [0.15, 0.2) is 36.4 Å². The van der Waals surface area contributed by atoms with Crippen LogP contribution in [0, 0.1) is 11.3 Å². The standard InChI is InChI=1S/C17H14ClNO2/c18-15-3-2-14(11-19)17(10-15)21-7-5-12-1-4-16-13(9-12)6-8-20-16/h1-4,9-10H,5-8H2. The number of nitrogens with zero attached hydrogens (tertiary/aromatic N) is 1. The van der Waals surface area contributed by atoms with Crippen LogP contribution in [0.4, 0.5) is 0 Å². The summed E-state index contributed by atoms with van der Waals surface area (Å²) in [5.41, 5.74) is 2.97. The molecule has 1 aliphatic rings. The van der Waals surface area contributed by atoms with Crippen LogP contribution in [0.3, 0.4) is 0 Å². The van der Waals surface area contributed by atoms with Gasteiger partial charge in [-0.1, -0.05) is 23.7 Å². The molecule has 1 heterocycles. The average molecular weight is 300 g/mol. The fourth-order valence-corrected chi connectivity index (χ4v) is 2.54. The maximum atomic E-state index is 9.04. The van der Waals surface area contributed by atoms with Crippen molar-refractivity contribution in [2.45, 2.75) is 12.8 Å². The Kier molecular flexibility index (Phi) is 3.98. The first-order chi connectivity index (χ1) is 10.3. The Hall–Kier alpha value is -2.18. The summed E-state index contributed by atoms with van der Waals surface area (Å²) in [4.78, 5) is 0. The van der Waals surface area contributed by atoms with E-state index < -0.39 is 0 Å². The normalized spacial score (nSPS) is 12.4. The fraction of sp³-hybridized carbons (Fsp3) is 0.235. The number of rotatable bonds is 4. The van der Waals surface area contributed by atoms with Gasteiger partial charge in [0.2, 0.25) is 0 Å². The topological polar surface area (TPSA) is 42.2 Å². The number of hydrogen-bond acceptors (Lipinski definition) is 3. The summed E-state index contributed by atoms with van der Waals surface area (Å²) >= 11 is 5.93. The molecule has 0 atom stereocenters. The van der Waals surface area contributed by atoms with Crippen LogP contribution in [0.2, 0.25) is 5.02 Å². The highest BCUT2D eigenvalue weighted by atomic mass is 35.5. The first kappa shape index (κ1) is 13.8. The monoisotopic (exact) mass is 299 g/mol. The van der Waals surface area contributed by atoms with Crippen molar-refractivity contribution in [3.63, 3.8) is 0 Å². The molecule has 3 nitrogen and oxygen atoms in total. The van der Waals surface area contributed by atoms with E-state index in [4.69, 9.17) is 26.3 Å². The number of hydrogen-bond donors (Lipinski definition) is 0. The summed E-state index contributed by atoms with van der Waals surface area (Å²) in [5, 5.41) is 9.61. The Morgan fingerprint density at radius 2 is 2.14 bits per heavy atom. The second kappa shape index (κ2) is 6.07. The van der Waals surface area contributed by atoms with Gasteiger partial charge in [-0.05, 0) is 29.3 Å². The van der Waals surface area contributed by atoms with Gasteiger partial charge in [-0.25, -0.2) is 0 Å². The molecule has 0 bridgehead atoms. The van der Waals surface area contributed by atoms with E-state index in [0.717, 1.165) is 25.2 Å². The van der Waals surface area contributed by atoms with Gasteiger partial charge in [0.05, 0.1) is 18.8 Å². The van der Waals surface area contributed by atoms with E-state index in [1.54, 1.807) is 18.2 Å². The van der Waals surface area contributed by atoms with E-state index in [-0.39, 0.29) is 0 Å². The van der Waals surface area contributed by atoms with Crippen molar-refractivity contribution in [2.75, 3.05) is 13.2 Å². The summed E-state index contributed by atoms with van der Waals surface area (Å²) in [5.74, 6) is 1.52. The lowest BCUT2D eigenvalue weighted by Gasteiger charge is -2.09. The molecule has 0 fully saturated rings. The molecule has 106 valence electrons. The zero-order valence-corrected chi connectivity index (χ0v) is 12.2. The minimum atomic E-state index is 0.502. The van der Waals surface area contributed by atoms with Crippen LogP contribution >= 0.6 is 11.6 Å². The molecule has 0 aromatic heterocycles. The van der Waals surface area contributed by atoms with Gasteiger partial charge in [0, 0.05) is 23.9 Å². The Labute approximate surface area is 128 Å². The van der Waals surface area contributed by atoms with E-state index >= 15 is 0 Å². The molecule has 0 radical (unpaired) electrons. The second-order valence-electron chi connectivity index (χ2n) is 4.89. The van der Waals surface area contributed by atoms with E-state index in [0.29, 0.717) is 22.9 Å². The highest BCUT2D eigenvalue weighted by Gasteiger charge is 2.12. The maximum absolute atomic E-state index is 9.04. The molecule has 0 saturated heterocycles. The molecule has 2 aromatic carbocycles. The predicted octanol–water partition coefficient (Wildman–Crippen LogP) is 3.77. The summed E-state index contributed by atoms with van der Waals surface area (Å²) in [6, 6.07) is 13.4. The highest BCUT2D eigenvalue weighted by molar-refractivity contribution is 6.30. The van der Waals surface area contributed by atoms with Crippen molar-refractivity contribution in [2.24, 2.45) is 0 Å². The van der Waals surface area contributed by atoms with E-state index in [2.05, 4.69) is 18.2 Å². The molecule has 4 heteroatoms. The van der Waals surface area contributed by atoms with Crippen molar-refractivity contribution in [1.82, 2.24) is 0 Å². The number of fused-ring (bicyclic) bond motifs is 1. The summed E-state index contributed by atoms with van der Waals surface area (Å²) in [6.45, 7) is 1.28. The molecular formula is C17H14ClNO2. The molecule has 1 aliphatic heterocycles. The van der Waals surface area contributed by atoms with Gasteiger partial charge in [0.1, 0.15) is 17.6 Å². The second-order valence-corrected chi connectivity index (χ2v) is 5.33. The largest absolute Gasteiger partial charge is 0.493 e. The Balaban J connectivity index is 1.64. The summed E-state index contributed by atoms with van der Waals surface area (Å²) in [6.07, 6.45) is 1.75. The molecule has 0 spiro atoms. The van der Waals surface area contributed by atoms with Crippen LogP contribution in [0.1, 0.15) is 16.7 Å². The molecule has 0 saturated carbocycles. The third-order valence-corrected chi connectivity index (χ3v) is 3.70. The van der Waals surface area contributed by atoms with Crippen molar-refractivity contribution < 1.29 is 9.47 Å². The lowest BCUT2D eigenvalue weighted by molar-refractivity contribution is 0.321. The van der Waals surface area contributed by atoms with E-state index in [1.165, 1.54) is 11.1 Å². The van der Waals surface area contributed by atoms with E-state index in [9.17, 15) is 0 Å². The first-order valence-corrected chi connectivity index (χ1v) is 7.21. The molecule has 0 unspecified atom stereocenters. The van der Waals surface area contributed by atoms with Crippen LogP contribution in [-0.2, 0) is 12.8 Å². The van der Waals surface area contributed by atoms with Crippen LogP contribution in [-0.4, -0.2) is 13.2 Å². The molecule has 0 N–H and O–H groups in total. The molecule has 0 amide bonds. The average Bonchev–Trinajstić information content (AvgIpc) is 2.95.